The number of amides is 1. The Balaban J connectivity index is 2.28. The van der Waals surface area contributed by atoms with Gasteiger partial charge in [0.15, 0.2) is 0 Å². The highest BCUT2D eigenvalue weighted by Gasteiger charge is 2.07. The molecule has 0 aliphatic heterocycles. The van der Waals surface area contributed by atoms with E-state index >= 15 is 0 Å². The van der Waals surface area contributed by atoms with Gasteiger partial charge in [-0.1, -0.05) is 13.8 Å². The Hall–Kier alpha value is -1.55. The molecule has 0 bridgehead atoms. The Labute approximate surface area is 121 Å². The number of hydrogen-bond acceptors (Lipinski definition) is 3. The van der Waals surface area contributed by atoms with E-state index in [0.29, 0.717) is 18.5 Å². The number of hydrogen-bond donors (Lipinski definition) is 2. The van der Waals surface area contributed by atoms with Gasteiger partial charge < -0.3 is 15.4 Å². The highest BCUT2D eigenvalue weighted by Crippen LogP contribution is 2.14. The minimum atomic E-state index is -0.0217. The third kappa shape index (κ3) is 6.57. The van der Waals surface area contributed by atoms with Gasteiger partial charge in [0.1, 0.15) is 5.75 Å². The standard InChI is InChI=1S/C16H26N2O2/c1-12(2)5-6-13(3)17-11-16(19)18-14-7-9-15(20-4)10-8-14/h7-10,12-13,17H,5-6,11H2,1-4H3,(H,18,19). The fraction of sp³-hybridized carbons (Fsp3) is 0.562. The van der Waals surface area contributed by atoms with Crippen molar-refractivity contribution >= 4 is 11.6 Å². The van der Waals surface area contributed by atoms with Crippen molar-refractivity contribution < 1.29 is 9.53 Å². The molecule has 112 valence electrons. The molecule has 1 aromatic carbocycles. The van der Waals surface area contributed by atoms with Crippen LogP contribution in [0.15, 0.2) is 24.3 Å². The zero-order chi connectivity index (χ0) is 15.0. The summed E-state index contributed by atoms with van der Waals surface area (Å²) < 4.78 is 5.07. The lowest BCUT2D eigenvalue weighted by Crippen LogP contribution is -2.34. The monoisotopic (exact) mass is 278 g/mol. The molecule has 1 aromatic rings. The minimum absolute atomic E-state index is 0.0217. The summed E-state index contributed by atoms with van der Waals surface area (Å²) in [5.74, 6) is 1.46. The van der Waals surface area contributed by atoms with Crippen LogP contribution in [0.25, 0.3) is 0 Å². The summed E-state index contributed by atoms with van der Waals surface area (Å²) in [5.41, 5.74) is 0.785. The number of ether oxygens (including phenoxy) is 1. The van der Waals surface area contributed by atoms with Gasteiger partial charge in [-0.25, -0.2) is 0 Å². The lowest BCUT2D eigenvalue weighted by atomic mass is 10.0. The predicted molar refractivity (Wildman–Crippen MR) is 83.2 cm³/mol. The molecule has 0 radical (unpaired) electrons. The molecular weight excluding hydrogens is 252 g/mol. The molecule has 20 heavy (non-hydrogen) atoms. The molecule has 0 saturated heterocycles. The Morgan fingerprint density at radius 1 is 1.15 bits per heavy atom. The SMILES string of the molecule is COc1ccc(NC(=O)CNC(C)CCC(C)C)cc1. The first kappa shape index (κ1) is 16.5. The average Bonchev–Trinajstić information content (AvgIpc) is 2.43. The molecule has 0 aliphatic carbocycles. The molecule has 1 atom stereocenters. The number of nitrogens with one attached hydrogen (secondary N) is 2. The maximum absolute atomic E-state index is 11.8. The van der Waals surface area contributed by atoms with Gasteiger partial charge in [-0.3, -0.25) is 4.79 Å². The number of carbonyl (C=O) groups excluding carboxylic acids is 1. The molecule has 0 saturated carbocycles. The van der Waals surface area contributed by atoms with E-state index in [4.69, 9.17) is 4.74 Å². The van der Waals surface area contributed by atoms with E-state index in [1.807, 2.05) is 24.3 Å². The summed E-state index contributed by atoms with van der Waals surface area (Å²) in [6.07, 6.45) is 2.27. The summed E-state index contributed by atoms with van der Waals surface area (Å²) in [7, 11) is 1.62. The van der Waals surface area contributed by atoms with Crippen molar-refractivity contribution in [3.63, 3.8) is 0 Å². The number of methoxy groups -OCH3 is 1. The number of rotatable bonds is 8. The fourth-order valence-electron chi connectivity index (χ4n) is 1.83. The summed E-state index contributed by atoms with van der Waals surface area (Å²) in [4.78, 5) is 11.8. The van der Waals surface area contributed by atoms with Gasteiger partial charge in [0.05, 0.1) is 13.7 Å². The van der Waals surface area contributed by atoms with Crippen molar-refractivity contribution in [1.82, 2.24) is 5.32 Å². The molecule has 0 aliphatic rings. The van der Waals surface area contributed by atoms with E-state index in [1.165, 1.54) is 6.42 Å². The molecule has 0 aromatic heterocycles. The number of anilines is 1. The van der Waals surface area contributed by atoms with Crippen molar-refractivity contribution in [2.45, 2.75) is 39.7 Å². The van der Waals surface area contributed by atoms with E-state index in [-0.39, 0.29) is 5.91 Å². The normalized spacial score (nSPS) is 12.2. The van der Waals surface area contributed by atoms with Gasteiger partial charge >= 0.3 is 0 Å². The third-order valence-electron chi connectivity index (χ3n) is 3.16. The van der Waals surface area contributed by atoms with Crippen molar-refractivity contribution in [3.05, 3.63) is 24.3 Å². The van der Waals surface area contributed by atoms with E-state index in [2.05, 4.69) is 31.4 Å². The highest BCUT2D eigenvalue weighted by atomic mass is 16.5. The quantitative estimate of drug-likeness (QED) is 0.768. The van der Waals surface area contributed by atoms with Crippen molar-refractivity contribution in [2.75, 3.05) is 19.0 Å². The van der Waals surface area contributed by atoms with E-state index in [9.17, 15) is 4.79 Å². The number of carbonyl (C=O) groups is 1. The second kappa shape index (κ2) is 8.59. The van der Waals surface area contributed by atoms with Gasteiger partial charge in [-0.2, -0.15) is 0 Å². The summed E-state index contributed by atoms with van der Waals surface area (Å²) >= 11 is 0. The van der Waals surface area contributed by atoms with Crippen LogP contribution in [0.2, 0.25) is 0 Å². The largest absolute Gasteiger partial charge is 0.497 e. The molecule has 2 N–H and O–H groups in total. The average molecular weight is 278 g/mol. The topological polar surface area (TPSA) is 50.4 Å². The molecule has 4 heteroatoms. The van der Waals surface area contributed by atoms with Crippen LogP contribution in [-0.2, 0) is 4.79 Å². The van der Waals surface area contributed by atoms with Crippen LogP contribution in [0.5, 0.6) is 5.75 Å². The van der Waals surface area contributed by atoms with Crippen LogP contribution >= 0.6 is 0 Å². The van der Waals surface area contributed by atoms with Crippen LogP contribution in [0.3, 0.4) is 0 Å². The maximum atomic E-state index is 11.8. The maximum Gasteiger partial charge on any atom is 0.238 e. The lowest BCUT2D eigenvalue weighted by Gasteiger charge is -2.15. The Morgan fingerprint density at radius 2 is 1.80 bits per heavy atom. The minimum Gasteiger partial charge on any atom is -0.497 e. The smallest absolute Gasteiger partial charge is 0.238 e. The van der Waals surface area contributed by atoms with Gasteiger partial charge in [0.25, 0.3) is 0 Å². The highest BCUT2D eigenvalue weighted by molar-refractivity contribution is 5.92. The second-order valence-corrected chi connectivity index (χ2v) is 5.53. The van der Waals surface area contributed by atoms with Crippen LogP contribution in [0.1, 0.15) is 33.6 Å². The van der Waals surface area contributed by atoms with Gasteiger partial charge in [-0.05, 0) is 49.9 Å². The fourth-order valence-corrected chi connectivity index (χ4v) is 1.83. The zero-order valence-corrected chi connectivity index (χ0v) is 12.9. The van der Waals surface area contributed by atoms with Gasteiger partial charge in [0.2, 0.25) is 5.91 Å². The molecular formula is C16H26N2O2. The molecule has 1 unspecified atom stereocenters. The molecule has 1 rings (SSSR count). The summed E-state index contributed by atoms with van der Waals surface area (Å²) in [5, 5.41) is 6.10. The van der Waals surface area contributed by atoms with Crippen molar-refractivity contribution in [3.8, 4) is 5.75 Å². The van der Waals surface area contributed by atoms with Crippen molar-refractivity contribution in [2.24, 2.45) is 5.92 Å². The number of benzene rings is 1. The summed E-state index contributed by atoms with van der Waals surface area (Å²) in [6.45, 7) is 6.88. The molecule has 0 heterocycles. The van der Waals surface area contributed by atoms with Crippen molar-refractivity contribution in [1.29, 1.82) is 0 Å². The van der Waals surface area contributed by atoms with Gasteiger partial charge in [-0.15, -0.1) is 0 Å². The lowest BCUT2D eigenvalue weighted by molar-refractivity contribution is -0.115. The molecule has 1 amide bonds. The van der Waals surface area contributed by atoms with Crippen LogP contribution in [-0.4, -0.2) is 25.6 Å². The van der Waals surface area contributed by atoms with E-state index < -0.39 is 0 Å². The third-order valence-corrected chi connectivity index (χ3v) is 3.16. The Morgan fingerprint density at radius 3 is 2.35 bits per heavy atom. The molecule has 0 spiro atoms. The second-order valence-electron chi connectivity index (χ2n) is 5.53. The van der Waals surface area contributed by atoms with E-state index in [1.54, 1.807) is 7.11 Å². The zero-order valence-electron chi connectivity index (χ0n) is 12.9. The molecule has 0 fully saturated rings. The van der Waals surface area contributed by atoms with Gasteiger partial charge in [0, 0.05) is 11.7 Å². The van der Waals surface area contributed by atoms with Crippen LogP contribution in [0, 0.1) is 5.92 Å². The molecule has 4 nitrogen and oxygen atoms in total. The first-order valence-electron chi connectivity index (χ1n) is 7.18. The Bertz CT molecular complexity index is 401. The van der Waals surface area contributed by atoms with E-state index in [0.717, 1.165) is 17.9 Å². The first-order valence-corrected chi connectivity index (χ1v) is 7.18. The first-order chi connectivity index (χ1) is 9.51. The Kier molecular flexibility index (Phi) is 7.09. The van der Waals surface area contributed by atoms with Crippen LogP contribution in [0.4, 0.5) is 5.69 Å². The summed E-state index contributed by atoms with van der Waals surface area (Å²) in [6, 6.07) is 7.68. The van der Waals surface area contributed by atoms with Crippen LogP contribution < -0.4 is 15.4 Å². The predicted octanol–water partition coefficient (Wildman–Crippen LogP) is 3.05.